The second kappa shape index (κ2) is 56.8. The van der Waals surface area contributed by atoms with Crippen molar-refractivity contribution in [3.05, 3.63) is 19.3 Å². The Labute approximate surface area is 559 Å². The van der Waals surface area contributed by atoms with Crippen LogP contribution in [0.5, 0.6) is 0 Å². The molecule has 0 nitrogen and oxygen atoms in total. The van der Waals surface area contributed by atoms with Gasteiger partial charge in [0.05, 0.1) is 0 Å². The van der Waals surface area contributed by atoms with E-state index in [4.69, 9.17) is 0 Å². The van der Waals surface area contributed by atoms with Crippen molar-refractivity contribution in [2.45, 2.75) is 349 Å². The first-order chi connectivity index (χ1) is 35.0. The minimum absolute atomic E-state index is 0. The molecule has 9 rings (SSSR count). The van der Waals surface area contributed by atoms with E-state index < -0.39 is 0 Å². The van der Waals surface area contributed by atoms with E-state index in [1.165, 1.54) is 128 Å². The Morgan fingerprint density at radius 1 is 0.176 bits per heavy atom. The maximum atomic E-state index is 2.54. The summed E-state index contributed by atoms with van der Waals surface area (Å²) in [5, 5.41) is 0. The molecule has 0 aromatic rings. The summed E-state index contributed by atoms with van der Waals surface area (Å²) < 4.78 is 0. The predicted molar refractivity (Wildman–Crippen MR) is 343 cm³/mol. The van der Waals surface area contributed by atoms with E-state index in [2.05, 4.69) is 40.0 Å². The van der Waals surface area contributed by atoms with Crippen LogP contribution in [-0.2, 0) is 98.1 Å². The third kappa shape index (κ3) is 33.6. The Kier molecular flexibility index (Phi) is 64.3. The van der Waals surface area contributed by atoms with Gasteiger partial charge >= 0.3 is 0 Å². The van der Waals surface area contributed by atoms with E-state index in [9.17, 15) is 0 Å². The maximum absolute atomic E-state index is 2.54. The molecule has 0 spiro atoms. The summed E-state index contributed by atoms with van der Waals surface area (Å²) in [7, 11) is 0. The summed E-state index contributed by atoms with van der Waals surface area (Å²) in [5.41, 5.74) is 0. The Hall–Kier alpha value is 3.31. The van der Waals surface area contributed by atoms with Gasteiger partial charge in [-0.25, -0.2) is 0 Å². The molecule has 0 bridgehead atoms. The smallest absolute Gasteiger partial charge is 0 e. The molecule has 9 aliphatic carbocycles. The van der Waals surface area contributed by atoms with Crippen molar-refractivity contribution < 1.29 is 108 Å². The Bertz CT molecular complexity index is 1060. The van der Waals surface area contributed by atoms with E-state index in [1.807, 2.05) is 96.9 Å². The fourth-order valence-electron chi connectivity index (χ4n) is 15.8. The Balaban J connectivity index is -0.0000000881. The summed E-state index contributed by atoms with van der Waals surface area (Å²) in [6.07, 6.45) is 62.4. The summed E-state index contributed by atoms with van der Waals surface area (Å²) in [6.45, 7) is 35.3. The molecule has 0 aromatic heterocycles. The zero-order valence-electron chi connectivity index (χ0n) is 54.6. The molecule has 0 N–H and O–H groups in total. The van der Waals surface area contributed by atoms with Gasteiger partial charge in [-0.1, -0.05) is 195 Å². The van der Waals surface area contributed by atoms with Crippen LogP contribution in [-0.4, -0.2) is 0 Å². The topological polar surface area (TPSA) is 0 Å². The van der Waals surface area contributed by atoms with Gasteiger partial charge in [0.2, 0.25) is 0 Å². The minimum atomic E-state index is 0. The van der Waals surface area contributed by atoms with Gasteiger partial charge in [0.15, 0.2) is 0 Å². The zero-order chi connectivity index (χ0) is 53.2. The summed E-state index contributed by atoms with van der Waals surface area (Å²) in [4.78, 5) is 0. The molecule has 451 valence electrons. The van der Waals surface area contributed by atoms with Crippen LogP contribution < -0.4 is 0 Å². The normalized spacial score (nSPS) is 33.0. The van der Waals surface area contributed by atoms with Crippen LogP contribution in [0, 0.1) is 108 Å². The van der Waals surface area contributed by atoms with Crippen molar-refractivity contribution in [3.8, 4) is 0 Å². The fourth-order valence-corrected chi connectivity index (χ4v) is 15.8. The van der Waals surface area contributed by atoms with E-state index in [0.717, 1.165) is 88.8 Å². The van der Waals surface area contributed by atoms with Gasteiger partial charge < -0.3 is 19.3 Å². The van der Waals surface area contributed by atoms with Crippen molar-refractivity contribution in [2.75, 3.05) is 0 Å². The van der Waals surface area contributed by atoms with Crippen LogP contribution in [0.15, 0.2) is 0 Å². The fraction of sp³-hybridized carbons (Fsp3) is 0.958. The standard InChI is InChI=1S/C25H43.C19H33.C13H23.7C2H6.3Y.7H2/c1-19-7-9-21(10-8-19)23-15-17-25(18-16-23)24-13-11-22(12-14-24)20-5-3-2-4-6-20;1-15-7-9-17(10-8-15)19-13-11-18(12-14-19)16-5-3-2-4-6-16;1-11-7-9-13(10-8-11)12-5-3-2-4-6-12;7*1-2;;;;;;;;;;/h2,19-25H,3-18H2,1H3;2,15-19H,3-14H2,1H3;2,11-13H,3-10H2,1H3;7*1-2H3;;;;7*1H/q3*-1;;;;;;;;;;;;;;;;;. The van der Waals surface area contributed by atoms with Crippen LogP contribution in [0.2, 0.25) is 0 Å². The van der Waals surface area contributed by atoms with Gasteiger partial charge in [0, 0.05) is 108 Å². The SMILES string of the molecule is CC.CC.CC.CC.CC.CC.CC.CC1CCC(C2CCC(C3CCC(C4CC[CH-]CC4)CC3)CC2)CC1.CC1CCC(C2CCC(C3CC[CH-]CC3)CC2)CC1.CC1CCC(C2CC[CH-]CC2)CC1.[HH].[HH].[HH].[HH].[HH].[HH].[HH].[Y].[Y].[Y]. The summed E-state index contributed by atoms with van der Waals surface area (Å²) in [6, 6.07) is 0. The zero-order valence-corrected chi connectivity index (χ0v) is 63.1. The molecule has 0 atom stereocenters. The maximum Gasteiger partial charge on any atom is 0 e. The first kappa shape index (κ1) is 83.8. The summed E-state index contributed by atoms with van der Waals surface area (Å²) >= 11 is 0. The monoisotopic (exact) mass is 1270 g/mol. The first-order valence-corrected chi connectivity index (χ1v) is 34.4. The molecule has 3 radical (unpaired) electrons. The number of rotatable bonds is 6. The van der Waals surface area contributed by atoms with Gasteiger partial charge in [-0.05, 0) is 204 Å². The van der Waals surface area contributed by atoms with Crippen LogP contribution in [0.1, 0.15) is 359 Å². The second-order valence-electron chi connectivity index (χ2n) is 23.7. The average Bonchev–Trinajstić information content (AvgIpc) is 3.48. The van der Waals surface area contributed by atoms with E-state index in [0.29, 0.717) is 0 Å². The molecule has 0 amide bonds. The van der Waals surface area contributed by atoms with Crippen molar-refractivity contribution in [3.63, 3.8) is 0 Å². The first-order valence-electron chi connectivity index (χ1n) is 34.4. The van der Waals surface area contributed by atoms with Crippen LogP contribution in [0.25, 0.3) is 0 Å². The Morgan fingerprint density at radius 3 is 0.392 bits per heavy atom. The molecular formula is C71H155Y3-3. The van der Waals surface area contributed by atoms with Crippen LogP contribution >= 0.6 is 0 Å². The molecule has 9 aliphatic rings. The van der Waals surface area contributed by atoms with Gasteiger partial charge in [-0.3, -0.25) is 0 Å². The minimum Gasteiger partial charge on any atom is -0.328 e. The van der Waals surface area contributed by atoms with E-state index >= 15 is 0 Å². The van der Waals surface area contributed by atoms with E-state index in [1.54, 1.807) is 103 Å². The molecule has 0 aromatic carbocycles. The number of hydrogen-bond acceptors (Lipinski definition) is 0. The van der Waals surface area contributed by atoms with Gasteiger partial charge in [0.25, 0.3) is 0 Å². The van der Waals surface area contributed by atoms with E-state index in [-0.39, 0.29) is 108 Å². The molecule has 3 heteroatoms. The molecule has 0 saturated heterocycles. The second-order valence-corrected chi connectivity index (χ2v) is 23.7. The van der Waals surface area contributed by atoms with Gasteiger partial charge in [-0.15, -0.1) is 0 Å². The molecule has 9 fully saturated rings. The van der Waals surface area contributed by atoms with Crippen molar-refractivity contribution in [2.24, 2.45) is 88.8 Å². The molecular weight excluding hydrogens is 1120 g/mol. The molecule has 74 heavy (non-hydrogen) atoms. The van der Waals surface area contributed by atoms with Crippen molar-refractivity contribution >= 4 is 0 Å². The molecule has 0 unspecified atom stereocenters. The van der Waals surface area contributed by atoms with Gasteiger partial charge in [0.1, 0.15) is 0 Å². The molecule has 0 heterocycles. The Morgan fingerprint density at radius 2 is 0.270 bits per heavy atom. The van der Waals surface area contributed by atoms with Gasteiger partial charge in [-0.2, -0.15) is 38.5 Å². The molecule has 9 saturated carbocycles. The van der Waals surface area contributed by atoms with Crippen molar-refractivity contribution in [1.29, 1.82) is 0 Å². The molecule has 0 aliphatic heterocycles. The van der Waals surface area contributed by atoms with Crippen LogP contribution in [0.3, 0.4) is 0 Å². The van der Waals surface area contributed by atoms with Crippen molar-refractivity contribution in [1.82, 2.24) is 0 Å². The predicted octanol–water partition coefficient (Wildman–Crippen LogP) is 26.9. The van der Waals surface area contributed by atoms with Crippen LogP contribution in [0.4, 0.5) is 0 Å². The third-order valence-electron chi connectivity index (χ3n) is 20.1. The largest absolute Gasteiger partial charge is 0.328 e. The number of hydrogen-bond donors (Lipinski definition) is 0. The average molecular weight is 1280 g/mol. The third-order valence-corrected chi connectivity index (χ3v) is 20.1. The summed E-state index contributed by atoms with van der Waals surface area (Å²) in [5.74, 6) is 16.3. The quantitative estimate of drug-likeness (QED) is 0.233.